The first-order valence-electron chi connectivity index (χ1n) is 8.97. The molecule has 1 aromatic carbocycles. The molecule has 5 nitrogen and oxygen atoms in total. The van der Waals surface area contributed by atoms with Crippen molar-refractivity contribution in [2.45, 2.75) is 65.9 Å². The predicted molar refractivity (Wildman–Crippen MR) is 97.1 cm³/mol. The topological polar surface area (TPSA) is 56.8 Å². The lowest BCUT2D eigenvalue weighted by Gasteiger charge is -2.15. The van der Waals surface area contributed by atoms with Gasteiger partial charge in [0.05, 0.1) is 13.2 Å². The number of rotatable bonds is 11. The number of hydrogen-bond donors (Lipinski definition) is 1. The van der Waals surface area contributed by atoms with Crippen molar-refractivity contribution < 1.29 is 19.0 Å². The lowest BCUT2D eigenvalue weighted by Crippen LogP contribution is -2.20. The highest BCUT2D eigenvalue weighted by Gasteiger charge is 2.12. The minimum absolute atomic E-state index is 0.0871. The Labute approximate surface area is 145 Å². The van der Waals surface area contributed by atoms with Gasteiger partial charge in [0.1, 0.15) is 6.10 Å². The summed E-state index contributed by atoms with van der Waals surface area (Å²) in [6.07, 6.45) is 5.06. The molecule has 0 saturated heterocycles. The van der Waals surface area contributed by atoms with Crippen molar-refractivity contribution in [1.82, 2.24) is 0 Å². The number of ether oxygens (including phenoxy) is 3. The Kier molecular flexibility index (Phi) is 9.73. The molecule has 5 heteroatoms. The van der Waals surface area contributed by atoms with E-state index in [0.717, 1.165) is 12.8 Å². The number of benzene rings is 1. The first-order chi connectivity index (χ1) is 11.6. The van der Waals surface area contributed by atoms with Crippen molar-refractivity contribution >= 4 is 11.8 Å². The number of carbonyl (C=O) groups excluding carboxylic acids is 1. The Morgan fingerprint density at radius 2 is 1.75 bits per heavy atom. The molecular weight excluding hydrogens is 306 g/mol. The molecule has 0 radical (unpaired) electrons. The molecule has 1 N–H and O–H groups in total. The van der Waals surface area contributed by atoms with Gasteiger partial charge in [-0.15, -0.1) is 0 Å². The summed E-state index contributed by atoms with van der Waals surface area (Å²) in [5.41, 5.74) is 0.630. The van der Waals surface area contributed by atoms with E-state index in [0.29, 0.717) is 30.4 Å². The quantitative estimate of drug-likeness (QED) is 0.550. The van der Waals surface area contributed by atoms with Crippen LogP contribution >= 0.6 is 0 Å². The lowest BCUT2D eigenvalue weighted by molar-refractivity contribution is 0.114. The summed E-state index contributed by atoms with van der Waals surface area (Å²) in [7, 11) is 0. The minimum Gasteiger partial charge on any atom is -0.490 e. The summed E-state index contributed by atoms with van der Waals surface area (Å²) in [6.45, 7) is 9.02. The van der Waals surface area contributed by atoms with Gasteiger partial charge < -0.3 is 14.2 Å². The molecule has 1 aromatic rings. The first-order valence-corrected chi connectivity index (χ1v) is 8.97. The van der Waals surface area contributed by atoms with Gasteiger partial charge in [-0.3, -0.25) is 5.32 Å². The van der Waals surface area contributed by atoms with Crippen molar-refractivity contribution in [1.29, 1.82) is 0 Å². The van der Waals surface area contributed by atoms with Crippen molar-refractivity contribution in [3.05, 3.63) is 18.2 Å². The molecule has 0 bridgehead atoms. The molecule has 0 aromatic heterocycles. The third-order valence-electron chi connectivity index (χ3n) is 3.56. The summed E-state index contributed by atoms with van der Waals surface area (Å²) in [5, 5.41) is 2.75. The Morgan fingerprint density at radius 1 is 1.04 bits per heavy atom. The highest BCUT2D eigenvalue weighted by molar-refractivity contribution is 5.85. The summed E-state index contributed by atoms with van der Waals surface area (Å²) >= 11 is 0. The molecule has 0 aliphatic heterocycles. The Bertz CT molecular complexity index is 490. The number of nitrogens with one attached hydrogen (secondary N) is 1. The van der Waals surface area contributed by atoms with Crippen LogP contribution in [0.4, 0.5) is 10.5 Å². The van der Waals surface area contributed by atoms with Gasteiger partial charge in [-0.2, -0.15) is 0 Å². The molecule has 0 spiro atoms. The van der Waals surface area contributed by atoms with Crippen molar-refractivity contribution in [2.24, 2.45) is 0 Å². The SMILES string of the molecule is CCCCCCC(C)OC(=O)Nc1ccc(OCC)c(OCC)c1. The third-order valence-corrected chi connectivity index (χ3v) is 3.56. The van der Waals surface area contributed by atoms with Gasteiger partial charge in [-0.1, -0.05) is 26.2 Å². The number of carbonyl (C=O) groups is 1. The predicted octanol–water partition coefficient (Wildman–Crippen LogP) is 5.39. The summed E-state index contributed by atoms with van der Waals surface area (Å²) in [6, 6.07) is 5.32. The molecule has 1 amide bonds. The maximum Gasteiger partial charge on any atom is 0.411 e. The molecule has 0 aliphatic rings. The average Bonchev–Trinajstić information content (AvgIpc) is 2.54. The first kappa shape index (κ1) is 20.1. The molecule has 1 rings (SSSR count). The Hall–Kier alpha value is -1.91. The van der Waals surface area contributed by atoms with Crippen LogP contribution < -0.4 is 14.8 Å². The van der Waals surface area contributed by atoms with Gasteiger partial charge in [0.2, 0.25) is 0 Å². The monoisotopic (exact) mass is 337 g/mol. The largest absolute Gasteiger partial charge is 0.490 e. The van der Waals surface area contributed by atoms with Crippen molar-refractivity contribution in [2.75, 3.05) is 18.5 Å². The summed E-state index contributed by atoms with van der Waals surface area (Å²) in [5.74, 6) is 1.28. The normalized spacial score (nSPS) is 11.7. The molecule has 136 valence electrons. The van der Waals surface area contributed by atoms with Crippen LogP contribution in [0.25, 0.3) is 0 Å². The van der Waals surface area contributed by atoms with Crippen LogP contribution in [0, 0.1) is 0 Å². The fourth-order valence-corrected chi connectivity index (χ4v) is 2.38. The van der Waals surface area contributed by atoms with Crippen LogP contribution in [0.2, 0.25) is 0 Å². The zero-order valence-corrected chi connectivity index (χ0v) is 15.4. The van der Waals surface area contributed by atoms with Crippen LogP contribution in [0.15, 0.2) is 18.2 Å². The number of amides is 1. The van der Waals surface area contributed by atoms with Gasteiger partial charge >= 0.3 is 6.09 Å². The average molecular weight is 337 g/mol. The second kappa shape index (κ2) is 11.6. The van der Waals surface area contributed by atoms with E-state index in [1.165, 1.54) is 19.3 Å². The maximum atomic E-state index is 12.0. The van der Waals surface area contributed by atoms with Crippen LogP contribution in [0.1, 0.15) is 59.8 Å². The highest BCUT2D eigenvalue weighted by Crippen LogP contribution is 2.30. The number of hydrogen-bond acceptors (Lipinski definition) is 4. The van der Waals surface area contributed by atoms with Crippen molar-refractivity contribution in [3.8, 4) is 11.5 Å². The zero-order valence-electron chi connectivity index (χ0n) is 15.4. The van der Waals surface area contributed by atoms with E-state index in [2.05, 4.69) is 12.2 Å². The molecule has 0 heterocycles. The van der Waals surface area contributed by atoms with Gasteiger partial charge in [0.25, 0.3) is 0 Å². The molecule has 0 fully saturated rings. The van der Waals surface area contributed by atoms with Gasteiger partial charge in [-0.25, -0.2) is 4.79 Å². The summed E-state index contributed by atoms with van der Waals surface area (Å²) in [4.78, 5) is 12.0. The molecule has 1 unspecified atom stereocenters. The van der Waals surface area contributed by atoms with E-state index < -0.39 is 6.09 Å². The van der Waals surface area contributed by atoms with E-state index in [-0.39, 0.29) is 6.10 Å². The van der Waals surface area contributed by atoms with E-state index in [9.17, 15) is 4.79 Å². The number of unbranched alkanes of at least 4 members (excludes halogenated alkanes) is 3. The molecule has 0 saturated carbocycles. The third kappa shape index (κ3) is 7.57. The second-order valence-corrected chi connectivity index (χ2v) is 5.72. The second-order valence-electron chi connectivity index (χ2n) is 5.72. The zero-order chi connectivity index (χ0) is 17.8. The van der Waals surface area contributed by atoms with Crippen LogP contribution in [-0.2, 0) is 4.74 Å². The standard InChI is InChI=1S/C19H31NO4/c1-5-8-9-10-11-15(4)24-19(21)20-16-12-13-17(22-6-2)18(14-16)23-7-3/h12-15H,5-11H2,1-4H3,(H,20,21). The van der Waals surface area contributed by atoms with E-state index in [4.69, 9.17) is 14.2 Å². The Morgan fingerprint density at radius 3 is 2.42 bits per heavy atom. The maximum absolute atomic E-state index is 12.0. The summed E-state index contributed by atoms with van der Waals surface area (Å²) < 4.78 is 16.5. The molecule has 0 aliphatic carbocycles. The Balaban J connectivity index is 2.52. The van der Waals surface area contributed by atoms with E-state index >= 15 is 0 Å². The highest BCUT2D eigenvalue weighted by atomic mass is 16.6. The van der Waals surface area contributed by atoms with Crippen molar-refractivity contribution in [3.63, 3.8) is 0 Å². The minimum atomic E-state index is -0.440. The fraction of sp³-hybridized carbons (Fsp3) is 0.632. The van der Waals surface area contributed by atoms with Gasteiger partial charge in [0, 0.05) is 11.8 Å². The van der Waals surface area contributed by atoms with Crippen LogP contribution in [0.5, 0.6) is 11.5 Å². The van der Waals surface area contributed by atoms with E-state index in [1.54, 1.807) is 18.2 Å². The van der Waals surface area contributed by atoms with E-state index in [1.807, 2.05) is 20.8 Å². The fourth-order valence-electron chi connectivity index (χ4n) is 2.38. The van der Waals surface area contributed by atoms with Gasteiger partial charge in [-0.05, 0) is 45.7 Å². The van der Waals surface area contributed by atoms with Gasteiger partial charge in [0.15, 0.2) is 11.5 Å². The molecule has 1 atom stereocenters. The smallest absolute Gasteiger partial charge is 0.411 e. The lowest BCUT2D eigenvalue weighted by atomic mass is 10.1. The van der Waals surface area contributed by atoms with Crippen LogP contribution in [0.3, 0.4) is 0 Å². The van der Waals surface area contributed by atoms with Crippen LogP contribution in [-0.4, -0.2) is 25.4 Å². The molecular formula is C19H31NO4. The number of anilines is 1. The molecule has 24 heavy (non-hydrogen) atoms.